The second-order valence-corrected chi connectivity index (χ2v) is 8.76. The van der Waals surface area contributed by atoms with E-state index in [1.165, 1.54) is 37.4 Å². The molecule has 0 saturated heterocycles. The zero-order chi connectivity index (χ0) is 26.9. The predicted molar refractivity (Wildman–Crippen MR) is 137 cm³/mol. The number of para-hydroxylation sites is 1. The van der Waals surface area contributed by atoms with Crippen LogP contribution in [0.2, 0.25) is 10.0 Å². The molecule has 0 radical (unpaired) electrons. The van der Waals surface area contributed by atoms with Crippen LogP contribution >= 0.6 is 34.8 Å². The number of ether oxygens (including phenoxy) is 1. The molecule has 2 N–H and O–H groups in total. The Balaban J connectivity index is 1.56. The van der Waals surface area contributed by atoms with Crippen LogP contribution in [0, 0.1) is 0 Å². The molecule has 0 aliphatic carbocycles. The minimum atomic E-state index is -1.49. The first-order valence-electron chi connectivity index (χ1n) is 10.4. The Bertz CT molecular complexity index is 1500. The highest BCUT2D eigenvalue weighted by Gasteiger charge is 2.39. The van der Waals surface area contributed by atoms with Crippen LogP contribution in [0.15, 0.2) is 71.4 Å². The molecule has 4 rings (SSSR count). The van der Waals surface area contributed by atoms with Gasteiger partial charge in [0.2, 0.25) is 0 Å². The molecule has 0 saturated carbocycles. The molecule has 0 unspecified atom stereocenters. The monoisotopic (exact) mass is 558 g/mol. The fourth-order valence-electron chi connectivity index (χ4n) is 3.52. The molecule has 1 heterocycles. The molecule has 0 fully saturated rings. The van der Waals surface area contributed by atoms with Gasteiger partial charge in [0, 0.05) is 22.9 Å². The van der Waals surface area contributed by atoms with E-state index in [1.807, 2.05) is 0 Å². The molecule has 37 heavy (non-hydrogen) atoms. The Hall–Kier alpha value is -4.05. The average Bonchev–Trinajstić information content (AvgIpc) is 3.08. The standard InChI is InChI=1S/C25H16Cl3N3O6/c1-37-19-11-17(16(27)10-14(19)25(35)36)30-22(32)12-5-4-6-13(9-12)29-21-20(28)23(33)31(24(21)34)18-8-3-2-7-15(18)26/h2-11,29H,1H3,(H,30,32)(H,35,36)/p-1. The minimum Gasteiger partial charge on any atom is -0.545 e. The number of methoxy groups -OCH3 is 1. The van der Waals surface area contributed by atoms with E-state index in [-0.39, 0.29) is 49.0 Å². The highest BCUT2D eigenvalue weighted by molar-refractivity contribution is 6.53. The molecule has 1 aliphatic rings. The Kier molecular flexibility index (Phi) is 7.40. The molecule has 12 heteroatoms. The van der Waals surface area contributed by atoms with E-state index < -0.39 is 23.7 Å². The van der Waals surface area contributed by atoms with Crippen molar-refractivity contribution in [3.05, 3.63) is 92.6 Å². The van der Waals surface area contributed by atoms with E-state index in [2.05, 4.69) is 10.6 Å². The summed E-state index contributed by atoms with van der Waals surface area (Å²) in [4.78, 5) is 50.7. The maximum Gasteiger partial charge on any atom is 0.283 e. The summed E-state index contributed by atoms with van der Waals surface area (Å²) < 4.78 is 5.03. The number of carboxylic acid groups (broad SMARTS) is 1. The summed E-state index contributed by atoms with van der Waals surface area (Å²) in [5.74, 6) is -3.61. The van der Waals surface area contributed by atoms with Crippen molar-refractivity contribution >= 4 is 75.6 Å². The molecule has 0 aromatic heterocycles. The number of nitrogens with one attached hydrogen (secondary N) is 2. The molecular formula is C25H15Cl3N3O6-. The van der Waals surface area contributed by atoms with Gasteiger partial charge in [-0.2, -0.15) is 0 Å². The van der Waals surface area contributed by atoms with Crippen molar-refractivity contribution in [3.8, 4) is 5.75 Å². The minimum absolute atomic E-state index is 0.0469. The molecule has 3 amide bonds. The zero-order valence-corrected chi connectivity index (χ0v) is 21.1. The summed E-state index contributed by atoms with van der Waals surface area (Å²) in [5.41, 5.74) is 0.265. The number of carboxylic acids is 1. The Morgan fingerprint density at radius 2 is 1.65 bits per heavy atom. The van der Waals surface area contributed by atoms with Crippen molar-refractivity contribution in [2.24, 2.45) is 0 Å². The van der Waals surface area contributed by atoms with E-state index in [9.17, 15) is 24.3 Å². The maximum absolute atomic E-state index is 13.0. The lowest BCUT2D eigenvalue weighted by atomic mass is 10.1. The first-order chi connectivity index (χ1) is 17.6. The third-order valence-electron chi connectivity index (χ3n) is 5.27. The SMILES string of the molecule is COc1cc(NC(=O)c2cccc(NC3=C(Cl)C(=O)N(c4ccccc4Cl)C3=O)c2)c(Cl)cc1C(=O)[O-]. The van der Waals surface area contributed by atoms with Crippen molar-refractivity contribution in [1.29, 1.82) is 0 Å². The quantitative estimate of drug-likeness (QED) is 0.418. The number of anilines is 3. The van der Waals surface area contributed by atoms with Crippen LogP contribution in [-0.4, -0.2) is 30.8 Å². The second-order valence-electron chi connectivity index (χ2n) is 7.57. The molecule has 0 spiro atoms. The average molecular weight is 560 g/mol. The topological polar surface area (TPSA) is 128 Å². The lowest BCUT2D eigenvalue weighted by Crippen LogP contribution is -2.32. The van der Waals surface area contributed by atoms with Crippen LogP contribution in [0.25, 0.3) is 0 Å². The van der Waals surface area contributed by atoms with Crippen LogP contribution in [-0.2, 0) is 9.59 Å². The first kappa shape index (κ1) is 26.0. The number of hydrogen-bond donors (Lipinski definition) is 2. The Morgan fingerprint density at radius 1 is 0.919 bits per heavy atom. The van der Waals surface area contributed by atoms with Gasteiger partial charge in [0.25, 0.3) is 17.7 Å². The van der Waals surface area contributed by atoms with Crippen LogP contribution in [0.1, 0.15) is 20.7 Å². The smallest absolute Gasteiger partial charge is 0.283 e. The van der Waals surface area contributed by atoms with Crippen molar-refractivity contribution in [1.82, 2.24) is 0 Å². The van der Waals surface area contributed by atoms with Gasteiger partial charge in [0.1, 0.15) is 16.5 Å². The van der Waals surface area contributed by atoms with E-state index in [4.69, 9.17) is 39.5 Å². The lowest BCUT2D eigenvalue weighted by Gasteiger charge is -2.16. The van der Waals surface area contributed by atoms with Crippen LogP contribution < -0.4 is 25.4 Å². The molecule has 0 bridgehead atoms. The van der Waals surface area contributed by atoms with E-state index in [0.717, 1.165) is 11.0 Å². The zero-order valence-electron chi connectivity index (χ0n) is 18.8. The number of nitrogens with zero attached hydrogens (tertiary/aromatic N) is 1. The number of carbonyl (C=O) groups is 4. The van der Waals surface area contributed by atoms with Gasteiger partial charge in [-0.05, 0) is 36.4 Å². The lowest BCUT2D eigenvalue weighted by molar-refractivity contribution is -0.255. The third-order valence-corrected chi connectivity index (χ3v) is 6.26. The fraction of sp³-hybridized carbons (Fsp3) is 0.0400. The number of carbonyl (C=O) groups excluding carboxylic acids is 4. The highest BCUT2D eigenvalue weighted by Crippen LogP contribution is 2.34. The predicted octanol–water partition coefficient (Wildman–Crippen LogP) is 4.05. The molecule has 9 nitrogen and oxygen atoms in total. The van der Waals surface area contributed by atoms with Gasteiger partial charge < -0.3 is 25.3 Å². The summed E-state index contributed by atoms with van der Waals surface area (Å²) in [7, 11) is 1.26. The van der Waals surface area contributed by atoms with Crippen molar-refractivity contribution < 1.29 is 29.0 Å². The van der Waals surface area contributed by atoms with E-state index in [0.29, 0.717) is 5.69 Å². The molecule has 3 aromatic rings. The number of amides is 3. The number of aromatic carboxylic acids is 1. The highest BCUT2D eigenvalue weighted by atomic mass is 35.5. The second kappa shape index (κ2) is 10.5. The molecule has 1 aliphatic heterocycles. The van der Waals surface area contributed by atoms with E-state index >= 15 is 0 Å². The molecule has 3 aromatic carbocycles. The Labute approximate surface area is 225 Å². The van der Waals surface area contributed by atoms with E-state index in [1.54, 1.807) is 24.3 Å². The third kappa shape index (κ3) is 5.10. The number of benzene rings is 3. The molecule has 0 atom stereocenters. The number of hydrogen-bond acceptors (Lipinski definition) is 7. The van der Waals surface area contributed by atoms with Gasteiger partial charge in [0.05, 0.1) is 34.5 Å². The van der Waals surface area contributed by atoms with Gasteiger partial charge >= 0.3 is 0 Å². The summed E-state index contributed by atoms with van der Waals surface area (Å²) in [6.45, 7) is 0. The first-order valence-corrected chi connectivity index (χ1v) is 11.6. The van der Waals surface area contributed by atoms with Gasteiger partial charge in [-0.3, -0.25) is 14.4 Å². The van der Waals surface area contributed by atoms with Gasteiger partial charge in [-0.1, -0.05) is 53.0 Å². The van der Waals surface area contributed by atoms with Gasteiger partial charge in [-0.25, -0.2) is 4.90 Å². The summed E-state index contributed by atoms with van der Waals surface area (Å²) >= 11 is 18.4. The van der Waals surface area contributed by atoms with Crippen molar-refractivity contribution in [3.63, 3.8) is 0 Å². The van der Waals surface area contributed by atoms with Crippen molar-refractivity contribution in [2.75, 3.05) is 22.6 Å². The van der Waals surface area contributed by atoms with Crippen LogP contribution in [0.3, 0.4) is 0 Å². The molecule has 188 valence electrons. The van der Waals surface area contributed by atoms with Crippen molar-refractivity contribution in [2.45, 2.75) is 0 Å². The summed E-state index contributed by atoms with van der Waals surface area (Å²) in [5, 5.41) is 16.4. The van der Waals surface area contributed by atoms with Gasteiger partial charge in [0.15, 0.2) is 0 Å². The summed E-state index contributed by atoms with van der Waals surface area (Å²) in [6, 6.07) is 14.7. The Morgan fingerprint density at radius 3 is 2.32 bits per heavy atom. The number of halogens is 3. The van der Waals surface area contributed by atoms with Gasteiger partial charge in [-0.15, -0.1) is 0 Å². The van der Waals surface area contributed by atoms with Crippen LogP contribution in [0.5, 0.6) is 5.75 Å². The molecular weight excluding hydrogens is 545 g/mol. The number of imide groups is 1. The summed E-state index contributed by atoms with van der Waals surface area (Å²) in [6.07, 6.45) is 0. The normalized spacial score (nSPS) is 13.1. The largest absolute Gasteiger partial charge is 0.545 e. The number of rotatable bonds is 7. The maximum atomic E-state index is 13.0. The van der Waals surface area contributed by atoms with Crippen LogP contribution in [0.4, 0.5) is 17.1 Å². The fourth-order valence-corrected chi connectivity index (χ4v) is 4.16.